The Labute approximate surface area is 121 Å². The van der Waals surface area contributed by atoms with Gasteiger partial charge in [-0.3, -0.25) is 20.1 Å². The number of benzene rings is 1. The molecule has 0 radical (unpaired) electrons. The van der Waals surface area contributed by atoms with Gasteiger partial charge in [0.15, 0.2) is 0 Å². The number of aromatic nitrogens is 2. The Balaban J connectivity index is 2.24. The summed E-state index contributed by atoms with van der Waals surface area (Å²) in [6.45, 7) is 0. The van der Waals surface area contributed by atoms with Crippen LogP contribution in [-0.4, -0.2) is 27.8 Å². The highest BCUT2D eigenvalue weighted by atomic mass is 79.9. The average Bonchev–Trinajstić information content (AvgIpc) is 2.42. The van der Waals surface area contributed by atoms with E-state index in [0.717, 1.165) is 0 Å². The first kappa shape index (κ1) is 13.7. The van der Waals surface area contributed by atoms with E-state index in [1.165, 1.54) is 0 Å². The van der Waals surface area contributed by atoms with Crippen LogP contribution in [0.15, 0.2) is 29.0 Å². The van der Waals surface area contributed by atoms with Gasteiger partial charge < -0.3 is 5.32 Å². The van der Waals surface area contributed by atoms with E-state index in [1.54, 1.807) is 24.5 Å². The molecule has 1 aromatic heterocycles. The largest absolute Gasteiger partial charge is 0.325 e. The van der Waals surface area contributed by atoms with Crippen LogP contribution in [-0.2, 0) is 4.79 Å². The Morgan fingerprint density at radius 2 is 2.00 bits per heavy atom. The third kappa shape index (κ3) is 3.18. The van der Waals surface area contributed by atoms with Gasteiger partial charge in [0.05, 0.1) is 15.7 Å². The van der Waals surface area contributed by atoms with Crippen LogP contribution in [0.1, 0.15) is 0 Å². The van der Waals surface area contributed by atoms with Crippen molar-refractivity contribution < 1.29 is 9.59 Å². The highest BCUT2D eigenvalue weighted by Crippen LogP contribution is 2.28. The molecule has 1 aromatic carbocycles. The van der Waals surface area contributed by atoms with Crippen LogP contribution in [0.2, 0.25) is 0 Å². The van der Waals surface area contributed by atoms with Crippen molar-refractivity contribution in [3.63, 3.8) is 0 Å². The first-order chi connectivity index (χ1) is 9.11. The SMILES string of the molecule is O=C(CCl)NC(=O)Nc1ccc2nccnc2c1Br. The van der Waals surface area contributed by atoms with E-state index in [9.17, 15) is 9.59 Å². The van der Waals surface area contributed by atoms with Gasteiger partial charge in [-0.05, 0) is 28.1 Å². The number of nitrogens with zero attached hydrogens (tertiary/aromatic N) is 2. The molecule has 1 heterocycles. The van der Waals surface area contributed by atoms with Crippen LogP contribution >= 0.6 is 27.5 Å². The van der Waals surface area contributed by atoms with E-state index < -0.39 is 11.9 Å². The quantitative estimate of drug-likeness (QED) is 0.819. The number of anilines is 1. The number of rotatable bonds is 2. The minimum Gasteiger partial charge on any atom is -0.306 e. The average molecular weight is 344 g/mol. The molecule has 0 fully saturated rings. The van der Waals surface area contributed by atoms with Crippen molar-refractivity contribution in [2.24, 2.45) is 0 Å². The zero-order valence-electron chi connectivity index (χ0n) is 9.48. The lowest BCUT2D eigenvalue weighted by Gasteiger charge is -2.09. The summed E-state index contributed by atoms with van der Waals surface area (Å²) in [6.07, 6.45) is 3.13. The van der Waals surface area contributed by atoms with Gasteiger partial charge in [0.2, 0.25) is 5.91 Å². The minimum atomic E-state index is -0.658. The number of hydrogen-bond donors (Lipinski definition) is 2. The number of carbonyl (C=O) groups excluding carboxylic acids is 2. The Kier molecular flexibility index (Phi) is 4.28. The lowest BCUT2D eigenvalue weighted by molar-refractivity contribution is -0.117. The molecule has 2 aromatic rings. The molecule has 0 aliphatic heterocycles. The van der Waals surface area contributed by atoms with Crippen LogP contribution in [0.25, 0.3) is 11.0 Å². The summed E-state index contributed by atoms with van der Waals surface area (Å²) >= 11 is 8.63. The summed E-state index contributed by atoms with van der Waals surface area (Å²) in [5.74, 6) is -0.853. The predicted molar refractivity (Wildman–Crippen MR) is 75.1 cm³/mol. The Morgan fingerprint density at radius 3 is 2.74 bits per heavy atom. The Morgan fingerprint density at radius 1 is 1.26 bits per heavy atom. The second-order valence-electron chi connectivity index (χ2n) is 3.49. The third-order valence-corrected chi connectivity index (χ3v) is 3.25. The normalized spacial score (nSPS) is 10.2. The highest BCUT2D eigenvalue weighted by Gasteiger charge is 2.11. The van der Waals surface area contributed by atoms with Gasteiger partial charge in [-0.15, -0.1) is 11.6 Å². The molecule has 0 spiro atoms. The smallest absolute Gasteiger partial charge is 0.306 e. The second kappa shape index (κ2) is 5.94. The van der Waals surface area contributed by atoms with Crippen molar-refractivity contribution >= 4 is 56.2 Å². The second-order valence-corrected chi connectivity index (χ2v) is 4.55. The molecular formula is C11H8BrClN4O2. The summed E-state index contributed by atoms with van der Waals surface area (Å²) in [5, 5.41) is 4.60. The summed E-state index contributed by atoms with van der Waals surface area (Å²) in [4.78, 5) is 30.8. The first-order valence-electron chi connectivity index (χ1n) is 5.18. The topological polar surface area (TPSA) is 84.0 Å². The summed E-state index contributed by atoms with van der Waals surface area (Å²) in [7, 11) is 0. The molecule has 2 rings (SSSR count). The number of imide groups is 1. The third-order valence-electron chi connectivity index (χ3n) is 2.20. The van der Waals surface area contributed by atoms with Crippen LogP contribution < -0.4 is 10.6 Å². The molecule has 0 aliphatic rings. The maximum Gasteiger partial charge on any atom is 0.325 e. The Bertz CT molecular complexity index is 650. The maximum absolute atomic E-state index is 11.5. The van der Waals surface area contributed by atoms with E-state index in [-0.39, 0.29) is 5.88 Å². The van der Waals surface area contributed by atoms with Gasteiger partial charge in [-0.25, -0.2) is 4.79 Å². The number of alkyl halides is 1. The molecule has 2 N–H and O–H groups in total. The minimum absolute atomic E-state index is 0.280. The molecule has 0 unspecified atom stereocenters. The van der Waals surface area contributed by atoms with E-state index in [1.807, 2.05) is 0 Å². The van der Waals surface area contributed by atoms with E-state index >= 15 is 0 Å². The molecule has 3 amide bonds. The lowest BCUT2D eigenvalue weighted by Crippen LogP contribution is -2.35. The van der Waals surface area contributed by atoms with Gasteiger partial charge in [0, 0.05) is 12.4 Å². The van der Waals surface area contributed by atoms with Gasteiger partial charge in [0.25, 0.3) is 0 Å². The molecule has 98 valence electrons. The molecule has 0 aliphatic carbocycles. The van der Waals surface area contributed by atoms with Crippen molar-refractivity contribution in [1.29, 1.82) is 0 Å². The number of hydrogen-bond acceptors (Lipinski definition) is 4. The molecule has 0 saturated heterocycles. The van der Waals surface area contributed by atoms with Crippen LogP contribution in [0.3, 0.4) is 0 Å². The van der Waals surface area contributed by atoms with Crippen LogP contribution in [0.5, 0.6) is 0 Å². The van der Waals surface area contributed by atoms with Crippen molar-refractivity contribution in [3.05, 3.63) is 29.0 Å². The first-order valence-corrected chi connectivity index (χ1v) is 6.50. The summed E-state index contributed by atoms with van der Waals surface area (Å²) < 4.78 is 0.589. The fourth-order valence-corrected chi connectivity index (χ4v) is 2.02. The number of fused-ring (bicyclic) bond motifs is 1. The molecule has 0 atom stereocenters. The number of nitrogens with one attached hydrogen (secondary N) is 2. The molecule has 19 heavy (non-hydrogen) atoms. The molecular weight excluding hydrogens is 336 g/mol. The number of halogens is 2. The van der Waals surface area contributed by atoms with Crippen LogP contribution in [0, 0.1) is 0 Å². The summed E-state index contributed by atoms with van der Waals surface area (Å²) in [6, 6.07) is 2.72. The van der Waals surface area contributed by atoms with Crippen molar-refractivity contribution in [2.75, 3.05) is 11.2 Å². The lowest BCUT2D eigenvalue weighted by atomic mass is 10.2. The van der Waals surface area contributed by atoms with Gasteiger partial charge in [-0.1, -0.05) is 0 Å². The van der Waals surface area contributed by atoms with Crippen molar-refractivity contribution in [1.82, 2.24) is 15.3 Å². The molecule has 6 nitrogen and oxygen atoms in total. The fourth-order valence-electron chi connectivity index (χ4n) is 1.41. The van der Waals surface area contributed by atoms with Crippen molar-refractivity contribution in [3.8, 4) is 0 Å². The Hall–Kier alpha value is -1.73. The highest BCUT2D eigenvalue weighted by molar-refractivity contribution is 9.10. The molecule has 0 bridgehead atoms. The van der Waals surface area contributed by atoms with Crippen molar-refractivity contribution in [2.45, 2.75) is 0 Å². The monoisotopic (exact) mass is 342 g/mol. The fraction of sp³-hybridized carbons (Fsp3) is 0.0909. The molecule has 8 heteroatoms. The van der Waals surface area contributed by atoms with E-state index in [2.05, 4.69) is 36.5 Å². The zero-order chi connectivity index (χ0) is 13.8. The predicted octanol–water partition coefficient (Wildman–Crippen LogP) is 2.28. The van der Waals surface area contributed by atoms with Crippen LogP contribution in [0.4, 0.5) is 10.5 Å². The van der Waals surface area contributed by atoms with Gasteiger partial charge in [0.1, 0.15) is 11.4 Å². The number of amides is 3. The van der Waals surface area contributed by atoms with Gasteiger partial charge >= 0.3 is 6.03 Å². The number of urea groups is 1. The maximum atomic E-state index is 11.5. The zero-order valence-corrected chi connectivity index (χ0v) is 11.8. The molecule has 0 saturated carbocycles. The van der Waals surface area contributed by atoms with Gasteiger partial charge in [-0.2, -0.15) is 0 Å². The summed E-state index contributed by atoms with van der Waals surface area (Å²) in [5.41, 5.74) is 1.79. The van der Waals surface area contributed by atoms with E-state index in [0.29, 0.717) is 21.2 Å². The number of carbonyl (C=O) groups is 2. The standard InChI is InChI=1S/C11H8BrClN4O2/c12-9-6(16-11(19)17-8(18)5-13)1-2-7-10(9)15-4-3-14-7/h1-4H,5H2,(H2,16,17,18,19). The van der Waals surface area contributed by atoms with E-state index in [4.69, 9.17) is 11.6 Å².